The third-order valence-corrected chi connectivity index (χ3v) is 2.48. The Morgan fingerprint density at radius 1 is 1.47 bits per heavy atom. The van der Waals surface area contributed by atoms with E-state index in [4.69, 9.17) is 10.5 Å². The summed E-state index contributed by atoms with van der Waals surface area (Å²) < 4.78 is 43.3. The first-order valence-electron chi connectivity index (χ1n) is 5.37. The number of nitrogens with zero attached hydrogens (tertiary/aromatic N) is 2. The highest BCUT2D eigenvalue weighted by Gasteiger charge is 2.31. The summed E-state index contributed by atoms with van der Waals surface area (Å²) in [6, 6.07) is 2.88. The lowest BCUT2D eigenvalue weighted by molar-refractivity contribution is -0.137. The van der Waals surface area contributed by atoms with Crippen LogP contribution in [0.5, 0.6) is 0 Å². The smallest absolute Gasteiger partial charge is 0.435 e. The van der Waals surface area contributed by atoms with Crippen molar-refractivity contribution in [3.8, 4) is 0 Å². The van der Waals surface area contributed by atoms with Crippen LogP contribution in [0.4, 0.5) is 23.8 Å². The van der Waals surface area contributed by atoms with E-state index in [2.05, 4.69) is 5.10 Å². The van der Waals surface area contributed by atoms with Crippen molar-refractivity contribution >= 4 is 22.8 Å². The van der Waals surface area contributed by atoms with Crippen molar-refractivity contribution < 1.29 is 22.7 Å². The summed E-state index contributed by atoms with van der Waals surface area (Å²) in [6.45, 7) is 1.66. The molecule has 0 spiro atoms. The first kappa shape index (κ1) is 13.2. The maximum Gasteiger partial charge on any atom is 0.435 e. The standard InChI is InChI=1S/C11H10F3N3O2/c1-2-19-10(18)17-8-5-6(11(12,13)14)3-4-7(8)9(15)16-17/h3-5H,2H2,1H3,(H2,15,16). The minimum Gasteiger partial charge on any atom is -0.448 e. The van der Waals surface area contributed by atoms with Crippen molar-refractivity contribution in [1.82, 2.24) is 9.78 Å². The number of fused-ring (bicyclic) bond motifs is 1. The summed E-state index contributed by atoms with van der Waals surface area (Å²) in [5.74, 6) is -0.0308. The molecule has 0 aliphatic carbocycles. The second kappa shape index (κ2) is 4.45. The van der Waals surface area contributed by atoms with Crippen molar-refractivity contribution in [3.05, 3.63) is 23.8 Å². The lowest BCUT2D eigenvalue weighted by atomic mass is 10.1. The monoisotopic (exact) mass is 273 g/mol. The molecule has 1 aromatic carbocycles. The van der Waals surface area contributed by atoms with Gasteiger partial charge in [0.1, 0.15) is 0 Å². The van der Waals surface area contributed by atoms with E-state index in [1.54, 1.807) is 6.92 Å². The SMILES string of the molecule is CCOC(=O)n1nc(N)c2ccc(C(F)(F)F)cc21. The summed E-state index contributed by atoms with van der Waals surface area (Å²) in [5.41, 5.74) is 4.63. The second-order valence-electron chi connectivity index (χ2n) is 3.73. The average molecular weight is 273 g/mol. The molecule has 2 N–H and O–H groups in total. The number of nitrogen functional groups attached to an aromatic ring is 1. The third-order valence-electron chi connectivity index (χ3n) is 2.48. The average Bonchev–Trinajstić information content (AvgIpc) is 2.66. The summed E-state index contributed by atoms with van der Waals surface area (Å²) in [4.78, 5) is 11.6. The minimum absolute atomic E-state index is 0.0308. The van der Waals surface area contributed by atoms with E-state index < -0.39 is 17.8 Å². The Balaban J connectivity index is 2.62. The Hall–Kier alpha value is -2.25. The van der Waals surface area contributed by atoms with Crippen molar-refractivity contribution in [1.29, 1.82) is 0 Å². The van der Waals surface area contributed by atoms with Crippen molar-refractivity contribution in [2.24, 2.45) is 0 Å². The van der Waals surface area contributed by atoms with Gasteiger partial charge in [-0.2, -0.15) is 17.9 Å². The van der Waals surface area contributed by atoms with Gasteiger partial charge in [0.15, 0.2) is 5.82 Å². The number of nitrogens with two attached hydrogens (primary N) is 1. The maximum absolute atomic E-state index is 12.6. The van der Waals surface area contributed by atoms with Crippen LogP contribution in [0.25, 0.3) is 10.9 Å². The molecule has 19 heavy (non-hydrogen) atoms. The summed E-state index contributed by atoms with van der Waals surface area (Å²) >= 11 is 0. The summed E-state index contributed by atoms with van der Waals surface area (Å²) in [7, 11) is 0. The Kier molecular flexibility index (Phi) is 3.09. The van der Waals surface area contributed by atoms with Gasteiger partial charge in [0.25, 0.3) is 0 Å². The van der Waals surface area contributed by atoms with Crippen LogP contribution in [-0.4, -0.2) is 22.5 Å². The third kappa shape index (κ3) is 2.33. The Bertz CT molecular complexity index is 634. The number of hydrogen-bond donors (Lipinski definition) is 1. The quantitative estimate of drug-likeness (QED) is 0.867. The highest BCUT2D eigenvalue weighted by atomic mass is 19.4. The molecule has 102 valence electrons. The summed E-state index contributed by atoms with van der Waals surface area (Å²) in [6.07, 6.45) is -5.38. The van der Waals surface area contributed by atoms with Crippen LogP contribution in [0.1, 0.15) is 12.5 Å². The number of ether oxygens (including phenoxy) is 1. The molecule has 8 heteroatoms. The number of anilines is 1. The maximum atomic E-state index is 12.6. The lowest BCUT2D eigenvalue weighted by Gasteiger charge is -2.07. The highest BCUT2D eigenvalue weighted by Crippen LogP contribution is 2.32. The van der Waals surface area contributed by atoms with Crippen LogP contribution in [0.15, 0.2) is 18.2 Å². The molecule has 0 aliphatic heterocycles. The molecule has 1 aromatic heterocycles. The van der Waals surface area contributed by atoms with Gasteiger partial charge in [-0.15, -0.1) is 5.10 Å². The van der Waals surface area contributed by atoms with Gasteiger partial charge < -0.3 is 10.5 Å². The molecule has 0 radical (unpaired) electrons. The van der Waals surface area contributed by atoms with Gasteiger partial charge in [0.2, 0.25) is 0 Å². The molecular weight excluding hydrogens is 263 g/mol. The van der Waals surface area contributed by atoms with Crippen LogP contribution in [0.3, 0.4) is 0 Å². The number of aromatic nitrogens is 2. The van der Waals surface area contributed by atoms with Crippen molar-refractivity contribution in [3.63, 3.8) is 0 Å². The fourth-order valence-electron chi connectivity index (χ4n) is 1.64. The zero-order chi connectivity index (χ0) is 14.2. The number of alkyl halides is 3. The van der Waals surface area contributed by atoms with E-state index in [1.807, 2.05) is 0 Å². The van der Waals surface area contributed by atoms with Crippen LogP contribution >= 0.6 is 0 Å². The molecule has 0 unspecified atom stereocenters. The number of hydrogen-bond acceptors (Lipinski definition) is 4. The molecular formula is C11H10F3N3O2. The van der Waals surface area contributed by atoms with E-state index in [-0.39, 0.29) is 23.3 Å². The van der Waals surface area contributed by atoms with Crippen LogP contribution < -0.4 is 5.73 Å². The van der Waals surface area contributed by atoms with Crippen molar-refractivity contribution in [2.45, 2.75) is 13.1 Å². The number of rotatable bonds is 1. The van der Waals surface area contributed by atoms with Gasteiger partial charge in [-0.25, -0.2) is 4.79 Å². The normalized spacial score (nSPS) is 11.8. The largest absolute Gasteiger partial charge is 0.448 e. The molecule has 0 amide bonds. The number of carbonyl (C=O) groups excluding carboxylic acids is 1. The van der Waals surface area contributed by atoms with Gasteiger partial charge >= 0.3 is 12.3 Å². The zero-order valence-electron chi connectivity index (χ0n) is 9.86. The molecule has 5 nitrogen and oxygen atoms in total. The predicted octanol–water partition coefficient (Wildman–Crippen LogP) is 2.64. The van der Waals surface area contributed by atoms with E-state index in [1.165, 1.54) is 6.07 Å². The first-order valence-corrected chi connectivity index (χ1v) is 5.37. The molecule has 0 bridgehead atoms. The van der Waals surface area contributed by atoms with Crippen molar-refractivity contribution in [2.75, 3.05) is 12.3 Å². The molecule has 0 aliphatic rings. The lowest BCUT2D eigenvalue weighted by Crippen LogP contribution is -2.15. The van der Waals surface area contributed by atoms with E-state index in [9.17, 15) is 18.0 Å². The van der Waals surface area contributed by atoms with Gasteiger partial charge in [-0.05, 0) is 25.1 Å². The predicted molar refractivity (Wildman–Crippen MR) is 61.6 cm³/mol. The first-order chi connectivity index (χ1) is 8.84. The van der Waals surface area contributed by atoms with E-state index in [0.717, 1.165) is 16.8 Å². The number of benzene rings is 1. The molecule has 1 heterocycles. The number of halogens is 3. The van der Waals surface area contributed by atoms with Gasteiger partial charge in [-0.3, -0.25) is 0 Å². The molecule has 0 saturated heterocycles. The highest BCUT2D eigenvalue weighted by molar-refractivity contribution is 5.95. The molecule has 2 aromatic rings. The van der Waals surface area contributed by atoms with Crippen LogP contribution in [0, 0.1) is 0 Å². The zero-order valence-corrected chi connectivity index (χ0v) is 9.86. The number of carbonyl (C=O) groups is 1. The fourth-order valence-corrected chi connectivity index (χ4v) is 1.64. The molecule has 0 fully saturated rings. The van der Waals surface area contributed by atoms with Crippen LogP contribution in [0.2, 0.25) is 0 Å². The van der Waals surface area contributed by atoms with E-state index in [0.29, 0.717) is 0 Å². The molecule has 0 atom stereocenters. The molecule has 0 saturated carbocycles. The topological polar surface area (TPSA) is 70.1 Å². The second-order valence-corrected chi connectivity index (χ2v) is 3.73. The van der Waals surface area contributed by atoms with Gasteiger partial charge in [0.05, 0.1) is 17.7 Å². The Morgan fingerprint density at radius 2 is 2.16 bits per heavy atom. The fraction of sp³-hybridized carbons (Fsp3) is 0.273. The van der Waals surface area contributed by atoms with Gasteiger partial charge in [-0.1, -0.05) is 0 Å². The van der Waals surface area contributed by atoms with Crippen LogP contribution in [-0.2, 0) is 10.9 Å². The molecule has 2 rings (SSSR count). The Morgan fingerprint density at radius 3 is 2.74 bits per heavy atom. The van der Waals surface area contributed by atoms with Gasteiger partial charge in [0, 0.05) is 5.39 Å². The summed E-state index contributed by atoms with van der Waals surface area (Å²) in [5, 5.41) is 3.95. The minimum atomic E-state index is -4.51. The van der Waals surface area contributed by atoms with E-state index >= 15 is 0 Å². The Labute approximate surface area is 105 Å².